The first-order valence-corrected chi connectivity index (χ1v) is 4.09. The van der Waals surface area contributed by atoms with E-state index in [1.165, 1.54) is 0 Å². The van der Waals surface area contributed by atoms with Gasteiger partial charge in [-0.1, -0.05) is 0 Å². The van der Waals surface area contributed by atoms with Crippen LogP contribution in [0.4, 0.5) is 0 Å². The summed E-state index contributed by atoms with van der Waals surface area (Å²) in [5.74, 6) is 0.631. The van der Waals surface area contributed by atoms with Crippen molar-refractivity contribution in [2.24, 2.45) is 0 Å². The van der Waals surface area contributed by atoms with Gasteiger partial charge in [-0.25, -0.2) is 0 Å². The van der Waals surface area contributed by atoms with E-state index in [1.807, 2.05) is 13.0 Å². The summed E-state index contributed by atoms with van der Waals surface area (Å²) in [6.07, 6.45) is 0.375. The van der Waals surface area contributed by atoms with Crippen LogP contribution in [-0.4, -0.2) is 24.2 Å². The van der Waals surface area contributed by atoms with Gasteiger partial charge in [-0.15, -0.1) is 0 Å². The molecule has 0 amide bonds. The third-order valence-electron chi connectivity index (χ3n) is 1.85. The first-order valence-electron chi connectivity index (χ1n) is 4.09. The summed E-state index contributed by atoms with van der Waals surface area (Å²) in [5, 5.41) is 11.4. The molecule has 4 heteroatoms. The molecule has 1 heterocycles. The van der Waals surface area contributed by atoms with Crippen molar-refractivity contribution in [1.29, 1.82) is 0 Å². The number of furan rings is 1. The Morgan fingerprint density at radius 1 is 1.69 bits per heavy atom. The minimum Gasteiger partial charge on any atom is -0.480 e. The highest BCUT2D eigenvalue weighted by Gasteiger charge is 2.16. The average molecular weight is 183 g/mol. The number of carboxylic acids is 1. The van der Waals surface area contributed by atoms with Gasteiger partial charge in [-0.05, 0) is 26.1 Å². The van der Waals surface area contributed by atoms with Crippen LogP contribution in [-0.2, 0) is 11.2 Å². The van der Waals surface area contributed by atoms with Crippen LogP contribution in [0.5, 0.6) is 0 Å². The largest absolute Gasteiger partial charge is 0.480 e. The molecule has 1 aromatic heterocycles. The van der Waals surface area contributed by atoms with Gasteiger partial charge in [0.15, 0.2) is 0 Å². The van der Waals surface area contributed by atoms with Gasteiger partial charge >= 0.3 is 5.97 Å². The number of hydrogen-bond acceptors (Lipinski definition) is 3. The standard InChI is InChI=1S/C9H13NO3/c1-6-3-4-7(13-6)5-8(10-2)9(11)12/h3-4,8,10H,5H2,1-2H3,(H,11,12)/t8-/m0/s1. The number of likely N-dealkylation sites (N-methyl/N-ethyl adjacent to an activating group) is 1. The number of aryl methyl sites for hydroxylation is 1. The second kappa shape index (κ2) is 4.09. The van der Waals surface area contributed by atoms with Gasteiger partial charge in [-0.2, -0.15) is 0 Å². The first-order chi connectivity index (χ1) is 6.13. The fourth-order valence-electron chi connectivity index (χ4n) is 1.11. The molecular weight excluding hydrogens is 170 g/mol. The summed E-state index contributed by atoms with van der Waals surface area (Å²) >= 11 is 0. The molecule has 0 unspecified atom stereocenters. The maximum atomic E-state index is 10.6. The Kier molecular flexibility index (Phi) is 3.08. The van der Waals surface area contributed by atoms with Crippen LogP contribution >= 0.6 is 0 Å². The summed E-state index contributed by atoms with van der Waals surface area (Å²) in [7, 11) is 1.62. The van der Waals surface area contributed by atoms with Gasteiger partial charge in [0.1, 0.15) is 17.6 Å². The third kappa shape index (κ3) is 2.59. The van der Waals surface area contributed by atoms with Crippen molar-refractivity contribution in [3.8, 4) is 0 Å². The predicted molar refractivity (Wildman–Crippen MR) is 47.6 cm³/mol. The van der Waals surface area contributed by atoms with E-state index >= 15 is 0 Å². The van der Waals surface area contributed by atoms with Gasteiger partial charge in [0.2, 0.25) is 0 Å². The molecule has 0 bridgehead atoms. The Labute approximate surface area is 76.6 Å². The van der Waals surface area contributed by atoms with Gasteiger partial charge in [0.05, 0.1) is 0 Å². The van der Waals surface area contributed by atoms with Crippen LogP contribution in [0.15, 0.2) is 16.5 Å². The Balaban J connectivity index is 2.61. The molecule has 0 aliphatic rings. The van der Waals surface area contributed by atoms with Gasteiger partial charge < -0.3 is 14.8 Å². The number of hydrogen-bond donors (Lipinski definition) is 2. The predicted octanol–water partition coefficient (Wildman–Crippen LogP) is 0.803. The fraction of sp³-hybridized carbons (Fsp3) is 0.444. The molecule has 1 aromatic rings. The Hall–Kier alpha value is -1.29. The highest BCUT2D eigenvalue weighted by molar-refractivity contribution is 5.73. The van der Waals surface area contributed by atoms with E-state index in [4.69, 9.17) is 9.52 Å². The van der Waals surface area contributed by atoms with Crippen LogP contribution < -0.4 is 5.32 Å². The number of carbonyl (C=O) groups is 1. The second-order valence-corrected chi connectivity index (χ2v) is 2.90. The summed E-state index contributed by atoms with van der Waals surface area (Å²) in [5.41, 5.74) is 0. The maximum Gasteiger partial charge on any atom is 0.321 e. The summed E-state index contributed by atoms with van der Waals surface area (Å²) in [4.78, 5) is 10.6. The summed E-state index contributed by atoms with van der Waals surface area (Å²) < 4.78 is 5.26. The molecular formula is C9H13NO3. The highest BCUT2D eigenvalue weighted by atomic mass is 16.4. The van der Waals surface area contributed by atoms with Crippen LogP contribution in [0.2, 0.25) is 0 Å². The molecule has 0 aliphatic heterocycles. The van der Waals surface area contributed by atoms with Crippen molar-refractivity contribution in [3.05, 3.63) is 23.7 Å². The van der Waals surface area contributed by atoms with Gasteiger partial charge in [0.25, 0.3) is 0 Å². The lowest BCUT2D eigenvalue weighted by molar-refractivity contribution is -0.139. The zero-order chi connectivity index (χ0) is 9.84. The van der Waals surface area contributed by atoms with Crippen molar-refractivity contribution in [2.75, 3.05) is 7.05 Å². The Morgan fingerprint density at radius 3 is 2.77 bits per heavy atom. The van der Waals surface area contributed by atoms with Gasteiger partial charge in [0, 0.05) is 6.42 Å². The highest BCUT2D eigenvalue weighted by Crippen LogP contribution is 2.08. The lowest BCUT2D eigenvalue weighted by Gasteiger charge is -2.08. The normalized spacial score (nSPS) is 12.8. The molecule has 0 saturated heterocycles. The Morgan fingerprint density at radius 2 is 2.38 bits per heavy atom. The number of aliphatic carboxylic acids is 1. The molecule has 4 nitrogen and oxygen atoms in total. The van der Waals surface area contributed by atoms with Crippen molar-refractivity contribution < 1.29 is 14.3 Å². The van der Waals surface area contributed by atoms with Crippen LogP contribution in [0.1, 0.15) is 11.5 Å². The number of rotatable bonds is 4. The van der Waals surface area contributed by atoms with Crippen molar-refractivity contribution in [1.82, 2.24) is 5.32 Å². The van der Waals surface area contributed by atoms with Crippen LogP contribution in [0.3, 0.4) is 0 Å². The minimum atomic E-state index is -0.864. The fourth-order valence-corrected chi connectivity index (χ4v) is 1.11. The maximum absolute atomic E-state index is 10.6. The first kappa shape index (κ1) is 9.80. The zero-order valence-electron chi connectivity index (χ0n) is 7.70. The van der Waals surface area contributed by atoms with E-state index in [0.29, 0.717) is 12.2 Å². The molecule has 13 heavy (non-hydrogen) atoms. The number of carboxylic acid groups (broad SMARTS) is 1. The third-order valence-corrected chi connectivity index (χ3v) is 1.85. The minimum absolute atomic E-state index is 0.375. The molecule has 0 spiro atoms. The van der Waals surface area contributed by atoms with Gasteiger partial charge in [-0.3, -0.25) is 4.79 Å². The van der Waals surface area contributed by atoms with E-state index < -0.39 is 12.0 Å². The molecule has 1 atom stereocenters. The Bertz CT molecular complexity index is 293. The lowest BCUT2D eigenvalue weighted by atomic mass is 10.2. The zero-order valence-corrected chi connectivity index (χ0v) is 7.70. The summed E-state index contributed by atoms with van der Waals surface area (Å²) in [6.45, 7) is 1.83. The molecule has 0 fully saturated rings. The topological polar surface area (TPSA) is 62.5 Å². The quantitative estimate of drug-likeness (QED) is 0.724. The number of nitrogens with one attached hydrogen (secondary N) is 1. The second-order valence-electron chi connectivity index (χ2n) is 2.90. The monoisotopic (exact) mass is 183 g/mol. The van der Waals surface area contributed by atoms with E-state index in [1.54, 1.807) is 13.1 Å². The molecule has 0 saturated carbocycles. The molecule has 0 radical (unpaired) electrons. The lowest BCUT2D eigenvalue weighted by Crippen LogP contribution is -2.35. The van der Waals surface area contributed by atoms with Crippen molar-refractivity contribution in [3.63, 3.8) is 0 Å². The van der Waals surface area contributed by atoms with Crippen molar-refractivity contribution >= 4 is 5.97 Å². The average Bonchev–Trinajstić information content (AvgIpc) is 2.46. The molecule has 1 rings (SSSR count). The molecule has 72 valence electrons. The summed E-state index contributed by atoms with van der Waals surface area (Å²) in [6, 6.07) is 3.04. The van der Waals surface area contributed by atoms with Crippen LogP contribution in [0, 0.1) is 6.92 Å². The van der Waals surface area contributed by atoms with E-state index in [2.05, 4.69) is 5.32 Å². The van der Waals surface area contributed by atoms with E-state index in [-0.39, 0.29) is 0 Å². The van der Waals surface area contributed by atoms with E-state index in [9.17, 15) is 4.79 Å². The van der Waals surface area contributed by atoms with Crippen molar-refractivity contribution in [2.45, 2.75) is 19.4 Å². The molecule has 2 N–H and O–H groups in total. The van der Waals surface area contributed by atoms with Crippen LogP contribution in [0.25, 0.3) is 0 Å². The van der Waals surface area contributed by atoms with E-state index in [0.717, 1.165) is 5.76 Å². The SMILES string of the molecule is CN[C@@H](Cc1ccc(C)o1)C(=O)O. The smallest absolute Gasteiger partial charge is 0.321 e. The molecule has 0 aliphatic carbocycles. The molecule has 0 aromatic carbocycles.